The highest BCUT2D eigenvalue weighted by atomic mass is 35.5. The van der Waals surface area contributed by atoms with Crippen LogP contribution in [0.3, 0.4) is 0 Å². The molecule has 0 bridgehead atoms. The smallest absolute Gasteiger partial charge is 0.352 e. The average molecular weight is 363 g/mol. The number of anilines is 2. The number of carboxylic acids is 1. The van der Waals surface area contributed by atoms with Gasteiger partial charge in [-0.3, -0.25) is 0 Å². The molecule has 128 valence electrons. The zero-order valence-corrected chi connectivity index (χ0v) is 13.3. The molecule has 2 aromatic carbocycles. The molecule has 0 saturated heterocycles. The minimum absolute atomic E-state index is 0.0214. The van der Waals surface area contributed by atoms with Gasteiger partial charge in [0.25, 0.3) is 0 Å². The van der Waals surface area contributed by atoms with Crippen LogP contribution < -0.4 is 11.1 Å². The van der Waals surface area contributed by atoms with Crippen LogP contribution in [-0.4, -0.2) is 27.1 Å². The Morgan fingerprint density at radius 3 is 2.68 bits per heavy atom. The van der Waals surface area contributed by atoms with Crippen LogP contribution in [0.5, 0.6) is 0 Å². The molecular formula is C16H12ClFN4O3. The van der Waals surface area contributed by atoms with Gasteiger partial charge in [0.1, 0.15) is 11.5 Å². The number of carbonyl (C=O) groups is 1. The Kier molecular flexibility index (Phi) is 4.20. The van der Waals surface area contributed by atoms with Gasteiger partial charge in [0, 0.05) is 27.8 Å². The first-order valence-corrected chi connectivity index (χ1v) is 7.37. The third-order valence-corrected chi connectivity index (χ3v) is 3.86. The van der Waals surface area contributed by atoms with Crippen molar-refractivity contribution in [3.8, 4) is 0 Å². The molecule has 1 aromatic heterocycles. The summed E-state index contributed by atoms with van der Waals surface area (Å²) in [6, 6.07) is 8.65. The Labute approximate surface area is 145 Å². The van der Waals surface area contributed by atoms with Gasteiger partial charge in [-0.25, -0.2) is 9.18 Å². The van der Waals surface area contributed by atoms with E-state index in [4.69, 9.17) is 27.6 Å². The lowest BCUT2D eigenvalue weighted by atomic mass is 10.1. The van der Waals surface area contributed by atoms with Crippen LogP contribution in [0.25, 0.3) is 10.9 Å². The standard InChI is InChI=1S/C16H12ClFN4O3/c17-10-5-8(1-2-11(10)18)20-12-3-7(15(19)22-25)4-13-9(12)6-14(21-13)16(23)24/h1-6,20-21,25H,(H2,19,22)(H,23,24). The molecule has 9 heteroatoms. The first-order valence-electron chi connectivity index (χ1n) is 6.99. The first-order chi connectivity index (χ1) is 11.9. The van der Waals surface area contributed by atoms with Crippen molar-refractivity contribution in [2.75, 3.05) is 5.32 Å². The van der Waals surface area contributed by atoms with Crippen LogP contribution in [0.4, 0.5) is 15.8 Å². The molecule has 0 fully saturated rings. The number of carboxylic acid groups (broad SMARTS) is 1. The summed E-state index contributed by atoms with van der Waals surface area (Å²) < 4.78 is 13.3. The normalized spacial score (nSPS) is 11.7. The number of halogens is 2. The second-order valence-corrected chi connectivity index (χ2v) is 5.62. The summed E-state index contributed by atoms with van der Waals surface area (Å²) in [6.45, 7) is 0. The Hall–Kier alpha value is -3.26. The number of benzene rings is 2. The molecule has 1 heterocycles. The first kappa shape index (κ1) is 16.6. The topological polar surface area (TPSA) is 124 Å². The summed E-state index contributed by atoms with van der Waals surface area (Å²) in [5.41, 5.74) is 7.41. The molecule has 25 heavy (non-hydrogen) atoms. The van der Waals surface area contributed by atoms with Crippen molar-refractivity contribution in [1.82, 2.24) is 4.98 Å². The molecule has 0 aliphatic heterocycles. The van der Waals surface area contributed by atoms with Crippen molar-refractivity contribution >= 4 is 45.7 Å². The van der Waals surface area contributed by atoms with Crippen molar-refractivity contribution in [2.45, 2.75) is 0 Å². The van der Waals surface area contributed by atoms with Gasteiger partial charge in [0.05, 0.1) is 5.02 Å². The minimum atomic E-state index is -1.13. The molecule has 0 atom stereocenters. The van der Waals surface area contributed by atoms with Gasteiger partial charge in [-0.1, -0.05) is 16.8 Å². The summed E-state index contributed by atoms with van der Waals surface area (Å²) in [7, 11) is 0. The van der Waals surface area contributed by atoms with Crippen molar-refractivity contribution in [1.29, 1.82) is 0 Å². The van der Waals surface area contributed by atoms with E-state index in [0.717, 1.165) is 0 Å². The summed E-state index contributed by atoms with van der Waals surface area (Å²) >= 11 is 5.78. The number of hydrogen-bond donors (Lipinski definition) is 5. The highest BCUT2D eigenvalue weighted by molar-refractivity contribution is 6.31. The van der Waals surface area contributed by atoms with E-state index in [1.165, 1.54) is 24.3 Å². The maximum atomic E-state index is 13.3. The number of aromatic nitrogens is 1. The SMILES string of the molecule is NC(=NO)c1cc(Nc2ccc(F)c(Cl)c2)c2cc(C(=O)O)[nH]c2c1. The number of hydrogen-bond acceptors (Lipinski definition) is 4. The molecule has 3 rings (SSSR count). The van der Waals surface area contributed by atoms with Crippen LogP contribution in [0.15, 0.2) is 41.6 Å². The van der Waals surface area contributed by atoms with Crippen molar-refractivity contribution < 1.29 is 19.5 Å². The molecule has 0 unspecified atom stereocenters. The van der Waals surface area contributed by atoms with E-state index in [2.05, 4.69) is 15.5 Å². The minimum Gasteiger partial charge on any atom is -0.477 e. The maximum absolute atomic E-state index is 13.3. The monoisotopic (exact) mass is 362 g/mol. The van der Waals surface area contributed by atoms with E-state index in [1.54, 1.807) is 12.1 Å². The summed E-state index contributed by atoms with van der Waals surface area (Å²) in [4.78, 5) is 13.9. The Morgan fingerprint density at radius 1 is 1.28 bits per heavy atom. The van der Waals surface area contributed by atoms with E-state index in [9.17, 15) is 9.18 Å². The number of fused-ring (bicyclic) bond motifs is 1. The molecule has 0 aliphatic rings. The van der Waals surface area contributed by atoms with E-state index in [1.807, 2.05) is 0 Å². The number of aromatic amines is 1. The predicted molar refractivity (Wildman–Crippen MR) is 92.5 cm³/mol. The third kappa shape index (κ3) is 3.20. The molecule has 0 radical (unpaired) electrons. The number of nitrogens with zero attached hydrogens (tertiary/aromatic N) is 1. The lowest BCUT2D eigenvalue weighted by Gasteiger charge is -2.10. The van der Waals surface area contributed by atoms with Crippen LogP contribution in [0.2, 0.25) is 5.02 Å². The van der Waals surface area contributed by atoms with Gasteiger partial charge in [-0.15, -0.1) is 0 Å². The van der Waals surface area contributed by atoms with Crippen molar-refractivity contribution in [3.63, 3.8) is 0 Å². The number of H-pyrrole nitrogens is 1. The van der Waals surface area contributed by atoms with Crippen LogP contribution >= 0.6 is 11.6 Å². The number of aromatic carboxylic acids is 1. The molecule has 7 nitrogen and oxygen atoms in total. The van der Waals surface area contributed by atoms with E-state index in [0.29, 0.717) is 27.8 Å². The highest BCUT2D eigenvalue weighted by Gasteiger charge is 2.14. The number of amidine groups is 1. The second kappa shape index (κ2) is 6.33. The molecular weight excluding hydrogens is 351 g/mol. The number of nitrogens with two attached hydrogens (primary N) is 1. The van der Waals surface area contributed by atoms with Gasteiger partial charge >= 0.3 is 5.97 Å². The zero-order valence-electron chi connectivity index (χ0n) is 12.5. The quantitative estimate of drug-likeness (QED) is 0.210. The predicted octanol–water partition coefficient (Wildman–Crippen LogP) is 3.50. The lowest BCUT2D eigenvalue weighted by Crippen LogP contribution is -2.13. The van der Waals surface area contributed by atoms with Gasteiger partial charge in [-0.05, 0) is 36.4 Å². The van der Waals surface area contributed by atoms with Gasteiger partial charge in [-0.2, -0.15) is 0 Å². The van der Waals surface area contributed by atoms with Crippen LogP contribution in [-0.2, 0) is 0 Å². The van der Waals surface area contributed by atoms with E-state index in [-0.39, 0.29) is 16.6 Å². The van der Waals surface area contributed by atoms with Crippen molar-refractivity contribution in [2.24, 2.45) is 10.9 Å². The Balaban J connectivity index is 2.16. The van der Waals surface area contributed by atoms with Crippen molar-refractivity contribution in [3.05, 3.63) is 58.5 Å². The lowest BCUT2D eigenvalue weighted by molar-refractivity contribution is 0.0691. The Morgan fingerprint density at radius 2 is 2.04 bits per heavy atom. The summed E-state index contributed by atoms with van der Waals surface area (Å²) in [5, 5.41) is 24.5. The molecule has 0 saturated carbocycles. The number of nitrogens with one attached hydrogen (secondary N) is 2. The molecule has 0 aliphatic carbocycles. The largest absolute Gasteiger partial charge is 0.477 e. The van der Waals surface area contributed by atoms with Crippen LogP contribution in [0.1, 0.15) is 16.1 Å². The fourth-order valence-electron chi connectivity index (χ4n) is 2.39. The fraction of sp³-hybridized carbons (Fsp3) is 0. The zero-order chi connectivity index (χ0) is 18.1. The molecule has 0 amide bonds. The van der Waals surface area contributed by atoms with Gasteiger partial charge in [0.2, 0.25) is 0 Å². The third-order valence-electron chi connectivity index (χ3n) is 3.57. The fourth-order valence-corrected chi connectivity index (χ4v) is 2.57. The van der Waals surface area contributed by atoms with Gasteiger partial charge < -0.3 is 26.3 Å². The Bertz CT molecular complexity index is 1020. The van der Waals surface area contributed by atoms with Crippen LogP contribution in [0, 0.1) is 5.82 Å². The second-order valence-electron chi connectivity index (χ2n) is 5.21. The van der Waals surface area contributed by atoms with E-state index >= 15 is 0 Å². The maximum Gasteiger partial charge on any atom is 0.352 e. The highest BCUT2D eigenvalue weighted by Crippen LogP contribution is 2.30. The molecule has 6 N–H and O–H groups in total. The van der Waals surface area contributed by atoms with E-state index < -0.39 is 11.8 Å². The number of oxime groups is 1. The average Bonchev–Trinajstić information content (AvgIpc) is 3.02. The summed E-state index contributed by atoms with van der Waals surface area (Å²) in [6.07, 6.45) is 0. The molecule has 3 aromatic rings. The summed E-state index contributed by atoms with van der Waals surface area (Å²) in [5.74, 6) is -1.83. The van der Waals surface area contributed by atoms with Gasteiger partial charge in [0.15, 0.2) is 5.84 Å². The molecule has 0 spiro atoms. The number of rotatable bonds is 4.